The fraction of sp³-hybridized carbons (Fsp3) is 0.581. The van der Waals surface area contributed by atoms with Crippen molar-refractivity contribution in [1.82, 2.24) is 0 Å². The van der Waals surface area contributed by atoms with Crippen molar-refractivity contribution in [3.63, 3.8) is 0 Å². The molecule has 0 amide bonds. The summed E-state index contributed by atoms with van der Waals surface area (Å²) in [6.45, 7) is 3.52. The van der Waals surface area contributed by atoms with Crippen LogP contribution in [0, 0.1) is 64.2 Å². The van der Waals surface area contributed by atoms with Gasteiger partial charge in [-0.1, -0.05) is 6.92 Å². The van der Waals surface area contributed by atoms with E-state index >= 15 is 8.78 Å². The SMILES string of the molecule is CC1COC(C2CCC(C3CCC(C(F)(F)Oc4cc(F)c(-c5cc(F)c(C#N)c(F)c5)c(F)c4)CC3)CC2)OC1. The van der Waals surface area contributed by atoms with E-state index in [-0.39, 0.29) is 19.1 Å². The summed E-state index contributed by atoms with van der Waals surface area (Å²) in [6, 6.07) is 3.70. The second kappa shape index (κ2) is 12.2. The van der Waals surface area contributed by atoms with Gasteiger partial charge in [-0.15, -0.1) is 0 Å². The minimum Gasteiger partial charge on any atom is -0.432 e. The number of hydrogen-bond donors (Lipinski definition) is 0. The highest BCUT2D eigenvalue weighted by molar-refractivity contribution is 5.67. The Kier molecular flexibility index (Phi) is 8.86. The highest BCUT2D eigenvalue weighted by Gasteiger charge is 2.45. The lowest BCUT2D eigenvalue weighted by Gasteiger charge is -2.41. The van der Waals surface area contributed by atoms with Crippen LogP contribution in [-0.2, 0) is 9.47 Å². The van der Waals surface area contributed by atoms with Crippen molar-refractivity contribution >= 4 is 0 Å². The standard InChI is InChI=1S/C31H33F6NO3/c1-17-15-39-30(40-16-17)20-4-2-18(3-5-20)19-6-8-22(9-7-19)31(36,37)41-23-12-27(34)29(28(35)13-23)21-10-25(32)24(14-38)26(33)11-21/h10-13,17-20,22,30H,2-9,15-16H2,1H3. The average Bonchev–Trinajstić information content (AvgIpc) is 2.93. The van der Waals surface area contributed by atoms with Gasteiger partial charge >= 0.3 is 6.11 Å². The summed E-state index contributed by atoms with van der Waals surface area (Å²) < 4.78 is 104. The van der Waals surface area contributed by atoms with Crippen LogP contribution >= 0.6 is 0 Å². The molecule has 10 heteroatoms. The molecule has 0 radical (unpaired) electrons. The summed E-state index contributed by atoms with van der Waals surface area (Å²) >= 11 is 0. The van der Waals surface area contributed by atoms with E-state index in [4.69, 9.17) is 19.5 Å². The monoisotopic (exact) mass is 581 g/mol. The van der Waals surface area contributed by atoms with E-state index in [0.717, 1.165) is 25.7 Å². The highest BCUT2D eigenvalue weighted by atomic mass is 19.3. The summed E-state index contributed by atoms with van der Waals surface area (Å²) in [4.78, 5) is 0. The molecule has 2 aromatic rings. The molecule has 0 atom stereocenters. The zero-order valence-electron chi connectivity index (χ0n) is 22.8. The number of nitrogens with zero attached hydrogens (tertiary/aromatic N) is 1. The highest BCUT2D eigenvalue weighted by Crippen LogP contribution is 2.46. The van der Waals surface area contributed by atoms with Crippen LogP contribution in [-0.4, -0.2) is 25.6 Å². The van der Waals surface area contributed by atoms with Gasteiger partial charge in [0.2, 0.25) is 0 Å². The maximum Gasteiger partial charge on any atom is 0.400 e. The van der Waals surface area contributed by atoms with Gasteiger partial charge in [-0.05, 0) is 80.9 Å². The first-order valence-corrected chi connectivity index (χ1v) is 14.2. The average molecular weight is 582 g/mol. The van der Waals surface area contributed by atoms with Crippen molar-refractivity contribution in [1.29, 1.82) is 5.26 Å². The van der Waals surface area contributed by atoms with Crippen molar-refractivity contribution < 1.29 is 40.6 Å². The van der Waals surface area contributed by atoms with Gasteiger partial charge in [0.05, 0.1) is 24.7 Å². The normalized spacial score (nSPS) is 29.1. The zero-order valence-corrected chi connectivity index (χ0v) is 22.8. The molecule has 2 aliphatic carbocycles. The molecule has 0 spiro atoms. The Morgan fingerprint density at radius 3 is 1.76 bits per heavy atom. The molecule has 1 saturated heterocycles. The summed E-state index contributed by atoms with van der Waals surface area (Å²) in [7, 11) is 0. The molecule has 0 aromatic heterocycles. The van der Waals surface area contributed by atoms with Crippen LogP contribution < -0.4 is 4.74 Å². The van der Waals surface area contributed by atoms with Crippen molar-refractivity contribution in [3.05, 3.63) is 53.1 Å². The third-order valence-corrected chi connectivity index (χ3v) is 8.92. The summed E-state index contributed by atoms with van der Waals surface area (Å²) in [5.74, 6) is -5.46. The first kappa shape index (κ1) is 29.7. The van der Waals surface area contributed by atoms with E-state index in [9.17, 15) is 17.6 Å². The van der Waals surface area contributed by atoms with Crippen LogP contribution in [0.5, 0.6) is 5.75 Å². The molecule has 1 aliphatic heterocycles. The quantitative estimate of drug-likeness (QED) is 0.322. The molecule has 0 N–H and O–H groups in total. The number of alkyl halides is 2. The van der Waals surface area contributed by atoms with E-state index < -0.39 is 57.7 Å². The molecule has 41 heavy (non-hydrogen) atoms. The molecule has 4 nitrogen and oxygen atoms in total. The van der Waals surface area contributed by atoms with E-state index in [0.29, 0.717) is 74.0 Å². The zero-order chi connectivity index (χ0) is 29.3. The molecular weight excluding hydrogens is 548 g/mol. The Morgan fingerprint density at radius 2 is 1.24 bits per heavy atom. The maximum absolute atomic E-state index is 15.1. The van der Waals surface area contributed by atoms with Gasteiger partial charge in [-0.25, -0.2) is 17.6 Å². The van der Waals surface area contributed by atoms with Crippen LogP contribution in [0.25, 0.3) is 11.1 Å². The smallest absolute Gasteiger partial charge is 0.400 e. The fourth-order valence-electron chi connectivity index (χ4n) is 6.65. The van der Waals surface area contributed by atoms with Gasteiger partial charge in [0.25, 0.3) is 0 Å². The van der Waals surface area contributed by atoms with Gasteiger partial charge < -0.3 is 14.2 Å². The minimum atomic E-state index is -3.65. The predicted molar refractivity (Wildman–Crippen MR) is 138 cm³/mol. The van der Waals surface area contributed by atoms with Crippen LogP contribution in [0.4, 0.5) is 26.3 Å². The van der Waals surface area contributed by atoms with Crippen molar-refractivity contribution in [2.24, 2.45) is 29.6 Å². The Bertz CT molecular complexity index is 1230. The van der Waals surface area contributed by atoms with Crippen LogP contribution in [0.15, 0.2) is 24.3 Å². The van der Waals surface area contributed by atoms with E-state index in [1.54, 1.807) is 0 Å². The molecule has 5 rings (SSSR count). The molecule has 222 valence electrons. The van der Waals surface area contributed by atoms with Crippen LogP contribution in [0.3, 0.4) is 0 Å². The molecular formula is C31H33F6NO3. The van der Waals surface area contributed by atoms with Gasteiger partial charge in [-0.2, -0.15) is 14.0 Å². The minimum absolute atomic E-state index is 0.145. The third kappa shape index (κ3) is 6.51. The second-order valence-electron chi connectivity index (χ2n) is 11.8. The first-order valence-electron chi connectivity index (χ1n) is 14.2. The topological polar surface area (TPSA) is 51.5 Å². The van der Waals surface area contributed by atoms with Crippen LogP contribution in [0.2, 0.25) is 0 Å². The Hall–Kier alpha value is -2.77. The molecule has 2 saturated carbocycles. The fourth-order valence-corrected chi connectivity index (χ4v) is 6.65. The number of benzene rings is 2. The summed E-state index contributed by atoms with van der Waals surface area (Å²) in [5, 5.41) is 8.79. The van der Waals surface area contributed by atoms with Gasteiger partial charge in [0, 0.05) is 24.0 Å². The summed E-state index contributed by atoms with van der Waals surface area (Å²) in [5.41, 5.74) is -2.21. The Balaban J connectivity index is 1.17. The number of ether oxygens (including phenoxy) is 3. The third-order valence-electron chi connectivity index (χ3n) is 8.92. The molecule has 0 unspecified atom stereocenters. The van der Waals surface area contributed by atoms with E-state index in [2.05, 4.69) is 6.92 Å². The van der Waals surface area contributed by atoms with Gasteiger partial charge in [0.15, 0.2) is 6.29 Å². The molecule has 1 heterocycles. The number of rotatable bonds is 6. The maximum atomic E-state index is 15.1. The lowest BCUT2D eigenvalue weighted by atomic mass is 9.69. The lowest BCUT2D eigenvalue weighted by molar-refractivity contribution is -0.229. The van der Waals surface area contributed by atoms with Gasteiger partial charge in [0.1, 0.15) is 40.7 Å². The Morgan fingerprint density at radius 1 is 0.756 bits per heavy atom. The second-order valence-corrected chi connectivity index (χ2v) is 11.8. The van der Waals surface area contributed by atoms with Gasteiger partial charge in [-0.3, -0.25) is 0 Å². The van der Waals surface area contributed by atoms with Crippen LogP contribution in [0.1, 0.15) is 63.9 Å². The van der Waals surface area contributed by atoms with Crippen molar-refractivity contribution in [3.8, 4) is 22.9 Å². The first-order chi connectivity index (χ1) is 19.6. The van der Waals surface area contributed by atoms with Crippen molar-refractivity contribution in [2.75, 3.05) is 13.2 Å². The molecule has 3 fully saturated rings. The predicted octanol–water partition coefficient (Wildman–Crippen LogP) is 8.38. The largest absolute Gasteiger partial charge is 0.432 e. The van der Waals surface area contributed by atoms with Crippen molar-refractivity contribution in [2.45, 2.75) is 70.7 Å². The number of nitriles is 1. The molecule has 3 aliphatic rings. The number of halogens is 6. The van der Waals surface area contributed by atoms with E-state index in [1.165, 1.54) is 6.07 Å². The lowest BCUT2D eigenvalue weighted by Crippen LogP contribution is -2.40. The molecule has 0 bridgehead atoms. The van der Waals surface area contributed by atoms with E-state index in [1.807, 2.05) is 0 Å². The molecule has 2 aromatic carbocycles. The summed E-state index contributed by atoms with van der Waals surface area (Å²) in [6.07, 6.45) is 1.96. The Labute approximate surface area is 235 Å². The number of hydrogen-bond acceptors (Lipinski definition) is 4.